The molecule has 1 aromatic heterocycles. The first kappa shape index (κ1) is 12.7. The van der Waals surface area contributed by atoms with Crippen LogP contribution in [0.4, 0.5) is 0 Å². The number of rotatable bonds is 1. The first-order valence-corrected chi connectivity index (χ1v) is 7.54. The molecule has 0 saturated carbocycles. The van der Waals surface area contributed by atoms with Crippen molar-refractivity contribution in [2.24, 2.45) is 7.05 Å². The lowest BCUT2D eigenvalue weighted by Crippen LogP contribution is -1.96. The molecule has 0 aliphatic heterocycles. The number of hydrogen-bond acceptors (Lipinski definition) is 0. The molecule has 0 bridgehead atoms. The molecule has 2 heteroatoms. The molecule has 21 heavy (non-hydrogen) atoms. The maximum atomic E-state index is 6.35. The summed E-state index contributed by atoms with van der Waals surface area (Å²) in [6.07, 6.45) is 3.09. The third-order valence-electron chi connectivity index (χ3n) is 4.58. The zero-order chi connectivity index (χ0) is 14.6. The van der Waals surface area contributed by atoms with Crippen molar-refractivity contribution >= 4 is 28.1 Å². The van der Waals surface area contributed by atoms with Gasteiger partial charge in [-0.05, 0) is 58.3 Å². The van der Waals surface area contributed by atoms with Gasteiger partial charge in [0.15, 0.2) is 0 Å². The van der Waals surface area contributed by atoms with E-state index in [1.165, 1.54) is 22.0 Å². The molecule has 1 heterocycles. The summed E-state index contributed by atoms with van der Waals surface area (Å²) >= 11 is 6.35. The fraction of sp³-hybridized carbons (Fsp3) is 0.158. The van der Waals surface area contributed by atoms with Crippen molar-refractivity contribution in [2.45, 2.75) is 12.3 Å². The maximum absolute atomic E-state index is 6.35. The minimum Gasteiger partial charge on any atom is -0.351 e. The molecular formula is C19H16ClN. The second-order valence-corrected chi connectivity index (χ2v) is 6.21. The van der Waals surface area contributed by atoms with Crippen LogP contribution in [0.2, 0.25) is 5.02 Å². The Morgan fingerprint density at radius 2 is 2.05 bits per heavy atom. The van der Waals surface area contributed by atoms with E-state index in [-0.39, 0.29) is 0 Å². The van der Waals surface area contributed by atoms with Crippen LogP contribution in [0.15, 0.2) is 55.2 Å². The molecule has 0 amide bonds. The topological polar surface area (TPSA) is 4.93 Å². The van der Waals surface area contributed by atoms with Crippen molar-refractivity contribution < 1.29 is 0 Å². The molecule has 3 aromatic rings. The van der Waals surface area contributed by atoms with Crippen LogP contribution in [0.5, 0.6) is 0 Å². The van der Waals surface area contributed by atoms with Gasteiger partial charge in [-0.3, -0.25) is 0 Å². The number of halogens is 1. The smallest absolute Gasteiger partial charge is 0.0483 e. The van der Waals surface area contributed by atoms with E-state index >= 15 is 0 Å². The maximum Gasteiger partial charge on any atom is 0.0483 e. The molecule has 1 aliphatic carbocycles. The van der Waals surface area contributed by atoms with Crippen LogP contribution in [0.25, 0.3) is 16.5 Å². The lowest BCUT2D eigenvalue weighted by Gasteiger charge is -2.12. The molecule has 1 nitrogen and oxygen atoms in total. The molecule has 0 saturated heterocycles. The molecular weight excluding hydrogens is 278 g/mol. The summed E-state index contributed by atoms with van der Waals surface area (Å²) in [4.78, 5) is 0. The van der Waals surface area contributed by atoms with Crippen LogP contribution in [0, 0.1) is 0 Å². The fourth-order valence-corrected chi connectivity index (χ4v) is 3.77. The standard InChI is InChI=1S/C19H16ClN/c1-12-16(11-15-4-3-5-17(20)19(12)15)13-6-7-18-14(10-13)8-9-21(18)2/h3-10,16H,1,11H2,2H3. The Balaban J connectivity index is 1.80. The average Bonchev–Trinajstić information content (AvgIpc) is 3.01. The first-order chi connectivity index (χ1) is 10.1. The minimum atomic E-state index is 0.338. The highest BCUT2D eigenvalue weighted by molar-refractivity contribution is 6.32. The molecule has 0 spiro atoms. The van der Waals surface area contributed by atoms with Crippen LogP contribution in [0.3, 0.4) is 0 Å². The largest absolute Gasteiger partial charge is 0.351 e. The van der Waals surface area contributed by atoms with E-state index in [9.17, 15) is 0 Å². The van der Waals surface area contributed by atoms with Crippen LogP contribution < -0.4 is 0 Å². The van der Waals surface area contributed by atoms with Crippen LogP contribution >= 0.6 is 11.6 Å². The summed E-state index contributed by atoms with van der Waals surface area (Å²) in [7, 11) is 2.08. The highest BCUT2D eigenvalue weighted by Gasteiger charge is 2.28. The van der Waals surface area contributed by atoms with E-state index in [2.05, 4.69) is 54.7 Å². The third kappa shape index (κ3) is 1.85. The molecule has 1 atom stereocenters. The number of nitrogens with zero attached hydrogens (tertiary/aromatic N) is 1. The first-order valence-electron chi connectivity index (χ1n) is 7.16. The van der Waals surface area contributed by atoms with Gasteiger partial charge in [0, 0.05) is 29.7 Å². The molecule has 1 aliphatic rings. The van der Waals surface area contributed by atoms with E-state index in [1.54, 1.807) is 0 Å². The number of hydrogen-bond donors (Lipinski definition) is 0. The van der Waals surface area contributed by atoms with E-state index in [1.807, 2.05) is 12.1 Å². The monoisotopic (exact) mass is 293 g/mol. The lowest BCUT2D eigenvalue weighted by molar-refractivity contribution is 0.900. The van der Waals surface area contributed by atoms with Gasteiger partial charge >= 0.3 is 0 Å². The molecule has 4 rings (SSSR count). The van der Waals surface area contributed by atoms with Crippen LogP contribution in [-0.2, 0) is 13.5 Å². The molecule has 0 radical (unpaired) electrons. The summed E-state index contributed by atoms with van der Waals surface area (Å²) in [6.45, 7) is 4.31. The highest BCUT2D eigenvalue weighted by atomic mass is 35.5. The summed E-state index contributed by atoms with van der Waals surface area (Å²) in [5.41, 5.74) is 6.19. The molecule has 0 N–H and O–H groups in total. The van der Waals surface area contributed by atoms with Gasteiger partial charge in [0.2, 0.25) is 0 Å². The van der Waals surface area contributed by atoms with Gasteiger partial charge in [0.1, 0.15) is 0 Å². The van der Waals surface area contributed by atoms with Crippen LogP contribution in [0.1, 0.15) is 22.6 Å². The fourth-order valence-electron chi connectivity index (χ4n) is 3.45. The summed E-state index contributed by atoms with van der Waals surface area (Å²) < 4.78 is 2.15. The Hall–Kier alpha value is -1.99. The molecule has 0 fully saturated rings. The number of fused-ring (bicyclic) bond motifs is 2. The third-order valence-corrected chi connectivity index (χ3v) is 4.89. The second-order valence-electron chi connectivity index (χ2n) is 5.80. The number of allylic oxidation sites excluding steroid dienone is 1. The van der Waals surface area contributed by atoms with Crippen molar-refractivity contribution in [1.29, 1.82) is 0 Å². The van der Waals surface area contributed by atoms with Gasteiger partial charge in [0.05, 0.1) is 0 Å². The Bertz CT molecular complexity index is 872. The van der Waals surface area contributed by atoms with Gasteiger partial charge in [-0.25, -0.2) is 0 Å². The Kier molecular flexibility index (Phi) is 2.73. The average molecular weight is 294 g/mol. The van der Waals surface area contributed by atoms with E-state index in [0.29, 0.717) is 5.92 Å². The lowest BCUT2D eigenvalue weighted by atomic mass is 9.92. The number of aryl methyl sites for hydroxylation is 1. The van der Waals surface area contributed by atoms with E-state index in [0.717, 1.165) is 22.6 Å². The van der Waals surface area contributed by atoms with E-state index < -0.39 is 0 Å². The highest BCUT2D eigenvalue weighted by Crippen LogP contribution is 2.45. The summed E-state index contributed by atoms with van der Waals surface area (Å²) in [6, 6.07) is 15.0. The van der Waals surface area contributed by atoms with Crippen molar-refractivity contribution in [3.8, 4) is 0 Å². The summed E-state index contributed by atoms with van der Waals surface area (Å²) in [5.74, 6) is 0.338. The van der Waals surface area contributed by atoms with Crippen molar-refractivity contribution in [2.75, 3.05) is 0 Å². The molecule has 2 aromatic carbocycles. The number of benzene rings is 2. The van der Waals surface area contributed by atoms with Crippen molar-refractivity contribution in [3.05, 3.63) is 77.0 Å². The van der Waals surface area contributed by atoms with Crippen LogP contribution in [-0.4, -0.2) is 4.57 Å². The van der Waals surface area contributed by atoms with Gasteiger partial charge < -0.3 is 4.57 Å². The second kappa shape index (κ2) is 4.51. The Morgan fingerprint density at radius 3 is 2.86 bits per heavy atom. The SMILES string of the molecule is C=C1c2c(Cl)cccc2CC1c1ccc2c(ccn2C)c1. The molecule has 104 valence electrons. The normalized spacial score (nSPS) is 17.4. The van der Waals surface area contributed by atoms with Gasteiger partial charge in [-0.2, -0.15) is 0 Å². The predicted molar refractivity (Wildman–Crippen MR) is 89.9 cm³/mol. The van der Waals surface area contributed by atoms with Gasteiger partial charge in [-0.1, -0.05) is 36.4 Å². The zero-order valence-electron chi connectivity index (χ0n) is 11.9. The van der Waals surface area contributed by atoms with Crippen molar-refractivity contribution in [1.82, 2.24) is 4.57 Å². The van der Waals surface area contributed by atoms with Gasteiger partial charge in [0.25, 0.3) is 0 Å². The quantitative estimate of drug-likeness (QED) is 0.582. The summed E-state index contributed by atoms with van der Waals surface area (Å²) in [5, 5.41) is 2.10. The Labute approximate surface area is 129 Å². The molecule has 1 unspecified atom stereocenters. The predicted octanol–water partition coefficient (Wildman–Crippen LogP) is 5.18. The zero-order valence-corrected chi connectivity index (χ0v) is 12.7. The van der Waals surface area contributed by atoms with Crippen molar-refractivity contribution in [3.63, 3.8) is 0 Å². The van der Waals surface area contributed by atoms with Gasteiger partial charge in [-0.15, -0.1) is 0 Å². The minimum absolute atomic E-state index is 0.338. The Morgan fingerprint density at radius 1 is 1.19 bits per heavy atom. The van der Waals surface area contributed by atoms with E-state index in [4.69, 9.17) is 11.6 Å². The number of aromatic nitrogens is 1.